The van der Waals surface area contributed by atoms with Crippen molar-refractivity contribution in [3.05, 3.63) is 97.2 Å². The molecule has 102 heavy (non-hydrogen) atoms. The molecule has 3 N–H and O–H groups in total. The van der Waals surface area contributed by atoms with E-state index in [0.717, 1.165) is 148 Å². The number of rotatable bonds is 76. The second kappa shape index (κ2) is 75.2. The molecule has 0 aromatic rings. The van der Waals surface area contributed by atoms with E-state index in [9.17, 15) is 43.2 Å². The van der Waals surface area contributed by atoms with Crippen molar-refractivity contribution >= 4 is 39.5 Å². The fourth-order valence-electron chi connectivity index (χ4n) is 11.0. The van der Waals surface area contributed by atoms with Gasteiger partial charge >= 0.3 is 39.5 Å². The Hall–Kier alpha value is -4.02. The van der Waals surface area contributed by atoms with Crippen molar-refractivity contribution in [3.63, 3.8) is 0 Å². The van der Waals surface area contributed by atoms with Gasteiger partial charge in [-0.1, -0.05) is 318 Å². The second-order valence-corrected chi connectivity index (χ2v) is 29.9. The molecule has 5 atom stereocenters. The molecule has 0 aliphatic rings. The lowest BCUT2D eigenvalue weighted by atomic mass is 10.0. The first-order valence-electron chi connectivity index (χ1n) is 40.5. The zero-order chi connectivity index (χ0) is 74.6. The highest BCUT2D eigenvalue weighted by Crippen LogP contribution is 2.45. The molecule has 0 amide bonds. The Morgan fingerprint density at radius 2 is 0.510 bits per heavy atom. The molecule has 17 nitrogen and oxygen atoms in total. The van der Waals surface area contributed by atoms with Crippen LogP contribution in [0.25, 0.3) is 0 Å². The lowest BCUT2D eigenvalue weighted by molar-refractivity contribution is -0.161. The summed E-state index contributed by atoms with van der Waals surface area (Å²) in [5, 5.41) is 10.6. The van der Waals surface area contributed by atoms with Gasteiger partial charge in [-0.15, -0.1) is 0 Å². The van der Waals surface area contributed by atoms with Gasteiger partial charge < -0.3 is 33.8 Å². The molecule has 19 heteroatoms. The summed E-state index contributed by atoms with van der Waals surface area (Å²) in [6.45, 7) is 4.65. The number of phosphoric acid groups is 2. The van der Waals surface area contributed by atoms with E-state index in [2.05, 4.69) is 125 Å². The van der Waals surface area contributed by atoms with Crippen LogP contribution in [0.15, 0.2) is 97.2 Å². The number of unbranched alkanes of at least 4 members (excludes halogenated alkanes) is 34. The lowest BCUT2D eigenvalue weighted by Gasteiger charge is -2.21. The average molecular weight is 1480 g/mol. The lowest BCUT2D eigenvalue weighted by Crippen LogP contribution is -2.30. The predicted octanol–water partition coefficient (Wildman–Crippen LogP) is 23.6. The average Bonchev–Trinajstić information content (AvgIpc) is 0.924. The number of carbonyl (C=O) groups excluding carboxylic acids is 4. The third-order valence-electron chi connectivity index (χ3n) is 17.1. The molecule has 0 saturated heterocycles. The van der Waals surface area contributed by atoms with Crippen LogP contribution in [0.1, 0.15) is 349 Å². The minimum absolute atomic E-state index is 0.0678. The third kappa shape index (κ3) is 74.3. The molecule has 590 valence electrons. The number of esters is 4. The number of allylic oxidation sites excluding steroid dienone is 16. The van der Waals surface area contributed by atoms with Crippen molar-refractivity contribution in [2.45, 2.75) is 367 Å². The van der Waals surface area contributed by atoms with Gasteiger partial charge in [0.25, 0.3) is 0 Å². The van der Waals surface area contributed by atoms with E-state index < -0.39 is 97.5 Å². The van der Waals surface area contributed by atoms with Crippen molar-refractivity contribution in [2.24, 2.45) is 0 Å². The number of aliphatic hydroxyl groups excluding tert-OH is 1. The standard InChI is InChI=1S/C83H146O17P2/c1-5-9-13-17-21-25-29-33-36-37-38-39-42-45-48-52-56-60-64-68-81(86)94-74-79(100-83(88)70-66-62-58-54-50-46-41-35-31-27-23-19-15-11-7-3)76-98-102(91,92)96-72-77(84)71-95-101(89,90)97-75-78(99-82(87)69-65-61-57-53-49-43-32-28-24-20-16-12-8-4)73-93-80(85)67-63-59-55-51-47-44-40-34-30-26-22-18-14-10-6-2/h9,11,13,15,21,23,25,27,33,35-36,38-39,41,45,48,77-79,84H,5-8,10,12,14,16-20,22,24,26,28-32,34,37,40,42-44,46-47,49-76H2,1-4H3,(H,89,90)(H,91,92)/b13-9-,15-11-,25-21-,27-23-,36-33-,39-38-,41-35-,48-45-. The molecule has 0 rings (SSSR count). The number of carbonyl (C=O) groups is 4. The minimum atomic E-state index is -4.99. The van der Waals surface area contributed by atoms with Gasteiger partial charge in [0.1, 0.15) is 19.3 Å². The molecule has 0 aliphatic heterocycles. The van der Waals surface area contributed by atoms with Gasteiger partial charge in [-0.2, -0.15) is 0 Å². The summed E-state index contributed by atoms with van der Waals surface area (Å²) in [5.74, 6) is -2.20. The van der Waals surface area contributed by atoms with Crippen molar-refractivity contribution < 1.29 is 80.2 Å². The van der Waals surface area contributed by atoms with Crippen LogP contribution >= 0.6 is 15.6 Å². The van der Waals surface area contributed by atoms with Gasteiger partial charge in [0.05, 0.1) is 26.4 Å². The first kappa shape index (κ1) is 98.0. The highest BCUT2D eigenvalue weighted by Gasteiger charge is 2.30. The second-order valence-electron chi connectivity index (χ2n) is 27.0. The van der Waals surface area contributed by atoms with Crippen LogP contribution in [-0.2, 0) is 65.4 Å². The van der Waals surface area contributed by atoms with Gasteiger partial charge in [0.15, 0.2) is 12.2 Å². The maximum Gasteiger partial charge on any atom is 0.472 e. The van der Waals surface area contributed by atoms with Crippen molar-refractivity contribution in [1.82, 2.24) is 0 Å². The number of ether oxygens (including phenoxy) is 4. The zero-order valence-electron chi connectivity index (χ0n) is 64.5. The Balaban J connectivity index is 5.37. The topological polar surface area (TPSA) is 237 Å². The van der Waals surface area contributed by atoms with Gasteiger partial charge in [0, 0.05) is 25.7 Å². The van der Waals surface area contributed by atoms with Crippen LogP contribution in [0.2, 0.25) is 0 Å². The third-order valence-corrected chi connectivity index (χ3v) is 19.0. The van der Waals surface area contributed by atoms with Gasteiger partial charge in [-0.3, -0.25) is 37.3 Å². The highest BCUT2D eigenvalue weighted by molar-refractivity contribution is 7.47. The van der Waals surface area contributed by atoms with Crippen LogP contribution < -0.4 is 0 Å². The summed E-state index contributed by atoms with van der Waals surface area (Å²) in [5.41, 5.74) is 0. The van der Waals surface area contributed by atoms with Crippen LogP contribution in [0.4, 0.5) is 0 Å². The Bertz CT molecular complexity index is 2310. The largest absolute Gasteiger partial charge is 0.472 e. The molecule has 0 radical (unpaired) electrons. The van der Waals surface area contributed by atoms with E-state index in [4.69, 9.17) is 37.0 Å². The molecule has 0 aromatic carbocycles. The molecule has 0 aliphatic carbocycles. The van der Waals surface area contributed by atoms with Gasteiger partial charge in [-0.05, 0) is 103 Å². The molecule has 0 fully saturated rings. The van der Waals surface area contributed by atoms with Crippen molar-refractivity contribution in [1.29, 1.82) is 0 Å². The quantitative estimate of drug-likeness (QED) is 0.0169. The number of phosphoric ester groups is 2. The fraction of sp³-hybridized carbons (Fsp3) is 0.759. The maximum absolute atomic E-state index is 13.1. The van der Waals surface area contributed by atoms with E-state index in [1.54, 1.807) is 0 Å². The zero-order valence-corrected chi connectivity index (χ0v) is 66.3. The van der Waals surface area contributed by atoms with E-state index >= 15 is 0 Å². The summed E-state index contributed by atoms with van der Waals surface area (Å²) in [7, 11) is -9.96. The molecular weight excluding hydrogens is 1330 g/mol. The van der Waals surface area contributed by atoms with Crippen LogP contribution in [-0.4, -0.2) is 96.7 Å². The molecular formula is C83H146O17P2. The van der Waals surface area contributed by atoms with E-state index in [1.165, 1.54) is 122 Å². The van der Waals surface area contributed by atoms with E-state index in [-0.39, 0.29) is 25.7 Å². The molecule has 5 unspecified atom stereocenters. The Morgan fingerprint density at radius 1 is 0.284 bits per heavy atom. The van der Waals surface area contributed by atoms with Crippen molar-refractivity contribution in [2.75, 3.05) is 39.6 Å². The smallest absolute Gasteiger partial charge is 0.462 e. The Morgan fingerprint density at radius 3 is 0.794 bits per heavy atom. The summed E-state index contributed by atoms with van der Waals surface area (Å²) in [6, 6.07) is 0. The maximum atomic E-state index is 13.1. The van der Waals surface area contributed by atoms with Crippen LogP contribution in [0, 0.1) is 0 Å². The van der Waals surface area contributed by atoms with E-state index in [0.29, 0.717) is 25.7 Å². The molecule has 0 heterocycles. The Labute approximate surface area is 620 Å². The molecule has 0 spiro atoms. The number of aliphatic hydroxyl groups is 1. The minimum Gasteiger partial charge on any atom is -0.462 e. The summed E-state index contributed by atoms with van der Waals surface area (Å²) in [4.78, 5) is 73.0. The molecule has 0 bridgehead atoms. The van der Waals surface area contributed by atoms with Gasteiger partial charge in [-0.25, -0.2) is 9.13 Å². The summed E-state index contributed by atoms with van der Waals surface area (Å²) >= 11 is 0. The fourth-order valence-corrected chi connectivity index (χ4v) is 12.5. The highest BCUT2D eigenvalue weighted by atomic mass is 31.2. The molecule has 0 aromatic heterocycles. The first-order chi connectivity index (χ1) is 49.7. The first-order valence-corrected chi connectivity index (χ1v) is 43.5. The van der Waals surface area contributed by atoms with Gasteiger partial charge in [0.2, 0.25) is 0 Å². The summed E-state index contributed by atoms with van der Waals surface area (Å²) < 4.78 is 68.6. The monoisotopic (exact) mass is 1480 g/mol. The van der Waals surface area contributed by atoms with E-state index in [1.807, 2.05) is 0 Å². The molecule has 0 saturated carbocycles. The normalized spacial score (nSPS) is 14.4. The van der Waals surface area contributed by atoms with Crippen molar-refractivity contribution in [3.8, 4) is 0 Å². The number of hydrogen-bond acceptors (Lipinski definition) is 15. The SMILES string of the molecule is CC/C=C\C/C=C\C/C=C\C/C=C\C/C=C\CCCCCC(=O)OCC(COP(=O)(O)OCC(O)COP(=O)(O)OCC(COC(=O)CCCCCCCCCCCCCCCCC)OC(=O)CCCCCCCCCCCCCCC)OC(=O)CCCCCCC/C=C\C/C=C\C/C=C\CC. The predicted molar refractivity (Wildman–Crippen MR) is 418 cm³/mol. The summed E-state index contributed by atoms with van der Waals surface area (Å²) in [6.07, 6.45) is 79.5. The number of hydrogen-bond donors (Lipinski definition) is 3. The van der Waals surface area contributed by atoms with Crippen LogP contribution in [0.5, 0.6) is 0 Å². The van der Waals surface area contributed by atoms with Crippen LogP contribution in [0.3, 0.4) is 0 Å². The Kier molecular flexibility index (Phi) is 72.3.